The van der Waals surface area contributed by atoms with E-state index in [1.54, 1.807) is 13.0 Å². The van der Waals surface area contributed by atoms with Crippen LogP contribution in [-0.2, 0) is 9.63 Å². The number of halogens is 1. The predicted molar refractivity (Wildman–Crippen MR) is 53.7 cm³/mol. The van der Waals surface area contributed by atoms with Crippen LogP contribution in [0.3, 0.4) is 0 Å². The Balaban J connectivity index is 2.40. The average Bonchev–Trinajstić information content (AvgIpc) is 2.60. The fraction of sp³-hybridized carbons (Fsp3) is 0.333. The lowest BCUT2D eigenvalue weighted by Crippen LogP contribution is -2.23. The van der Waals surface area contributed by atoms with E-state index in [9.17, 15) is 4.79 Å². The Hall–Kier alpha value is -1.49. The minimum atomic E-state index is -0.397. The maximum Gasteiger partial charge on any atom is 0.160 e. The molecule has 2 unspecified atom stereocenters. The van der Waals surface area contributed by atoms with Gasteiger partial charge in [-0.2, -0.15) is 5.10 Å². The predicted octanol–water partition coefficient (Wildman–Crippen LogP) is 1.07. The van der Waals surface area contributed by atoms with E-state index >= 15 is 0 Å². The molecule has 1 aliphatic heterocycles. The van der Waals surface area contributed by atoms with Gasteiger partial charge in [0.05, 0.1) is 6.20 Å². The second-order valence-corrected chi connectivity index (χ2v) is 3.54. The van der Waals surface area contributed by atoms with Gasteiger partial charge < -0.3 is 9.63 Å². The maximum atomic E-state index is 10.9. The lowest BCUT2D eigenvalue weighted by Gasteiger charge is -2.07. The topological polar surface area (TPSA) is 64.4 Å². The number of oxime groups is 1. The van der Waals surface area contributed by atoms with Crippen LogP contribution in [0.4, 0.5) is 0 Å². The molecular weight excluding hydrogens is 218 g/mol. The Morgan fingerprint density at radius 2 is 2.40 bits per heavy atom. The zero-order valence-electron chi connectivity index (χ0n) is 7.92. The van der Waals surface area contributed by atoms with Crippen LogP contribution in [0.5, 0.6) is 0 Å². The van der Waals surface area contributed by atoms with Crippen molar-refractivity contribution in [2.24, 2.45) is 11.1 Å². The van der Waals surface area contributed by atoms with Crippen molar-refractivity contribution in [2.45, 2.75) is 13.0 Å². The molecule has 0 N–H and O–H groups in total. The standard InChI is InChI=1S/C9H8ClN3O2/c1-5-7(4-14)8(13-15-5)6-2-3-11-12-9(6)10/h2-5,7H,1H3. The smallest absolute Gasteiger partial charge is 0.160 e. The van der Waals surface area contributed by atoms with Crippen LogP contribution in [0.2, 0.25) is 5.15 Å². The van der Waals surface area contributed by atoms with Crippen LogP contribution in [0.1, 0.15) is 12.5 Å². The van der Waals surface area contributed by atoms with Gasteiger partial charge in [0.15, 0.2) is 5.15 Å². The van der Waals surface area contributed by atoms with E-state index in [2.05, 4.69) is 15.4 Å². The van der Waals surface area contributed by atoms with E-state index in [1.165, 1.54) is 6.20 Å². The number of rotatable bonds is 2. The van der Waals surface area contributed by atoms with Gasteiger partial charge in [0.2, 0.25) is 0 Å². The number of carbonyl (C=O) groups is 1. The minimum absolute atomic E-state index is 0.223. The van der Waals surface area contributed by atoms with Crippen LogP contribution < -0.4 is 0 Å². The molecular formula is C9H8ClN3O2. The lowest BCUT2D eigenvalue weighted by molar-refractivity contribution is -0.111. The normalized spacial score (nSPS) is 24.5. The molecule has 1 aromatic heterocycles. The van der Waals surface area contributed by atoms with Crippen LogP contribution in [0.25, 0.3) is 0 Å². The maximum absolute atomic E-state index is 10.9. The molecule has 0 bridgehead atoms. The molecule has 0 aromatic carbocycles. The number of nitrogens with zero attached hydrogens (tertiary/aromatic N) is 3. The van der Waals surface area contributed by atoms with Crippen molar-refractivity contribution in [3.05, 3.63) is 23.0 Å². The lowest BCUT2D eigenvalue weighted by atomic mass is 9.96. The highest BCUT2D eigenvalue weighted by Crippen LogP contribution is 2.24. The van der Waals surface area contributed by atoms with Gasteiger partial charge in [-0.25, -0.2) is 0 Å². The molecule has 1 aliphatic rings. The summed E-state index contributed by atoms with van der Waals surface area (Å²) in [4.78, 5) is 15.9. The van der Waals surface area contributed by atoms with Crippen LogP contribution in [0.15, 0.2) is 17.4 Å². The number of carbonyl (C=O) groups excluding carboxylic acids is 1. The largest absolute Gasteiger partial charge is 0.391 e. The third kappa shape index (κ3) is 1.70. The molecule has 1 aromatic rings. The summed E-state index contributed by atoms with van der Waals surface area (Å²) in [7, 11) is 0. The summed E-state index contributed by atoms with van der Waals surface area (Å²) < 4.78 is 0. The Kier molecular flexibility index (Phi) is 2.64. The van der Waals surface area contributed by atoms with Crippen molar-refractivity contribution < 1.29 is 9.63 Å². The van der Waals surface area contributed by atoms with Crippen LogP contribution in [-0.4, -0.2) is 28.3 Å². The SMILES string of the molecule is CC1ON=C(c2ccnnc2Cl)C1C=O. The average molecular weight is 226 g/mol. The van der Waals surface area contributed by atoms with Crippen molar-refractivity contribution >= 4 is 23.6 Å². The summed E-state index contributed by atoms with van der Waals surface area (Å²) in [6, 6.07) is 1.66. The van der Waals surface area contributed by atoms with E-state index in [0.717, 1.165) is 6.29 Å². The molecule has 0 amide bonds. The number of aromatic nitrogens is 2. The Morgan fingerprint density at radius 3 is 3.07 bits per heavy atom. The molecule has 0 saturated carbocycles. The third-order valence-electron chi connectivity index (χ3n) is 2.24. The number of aldehydes is 1. The molecule has 78 valence electrons. The first-order chi connectivity index (χ1) is 7.24. The summed E-state index contributed by atoms with van der Waals surface area (Å²) in [6.45, 7) is 1.78. The molecule has 0 fully saturated rings. The number of hydrogen-bond donors (Lipinski definition) is 0. The van der Waals surface area contributed by atoms with Gasteiger partial charge in [0, 0.05) is 5.56 Å². The Morgan fingerprint density at radius 1 is 1.60 bits per heavy atom. The molecule has 5 nitrogen and oxygen atoms in total. The molecule has 0 saturated heterocycles. The van der Waals surface area contributed by atoms with Gasteiger partial charge in [-0.15, -0.1) is 5.10 Å². The number of hydrogen-bond acceptors (Lipinski definition) is 5. The Bertz CT molecular complexity index is 422. The summed E-state index contributed by atoms with van der Waals surface area (Å²) in [5.74, 6) is -0.397. The van der Waals surface area contributed by atoms with E-state index < -0.39 is 5.92 Å². The fourth-order valence-corrected chi connectivity index (χ4v) is 1.60. The minimum Gasteiger partial charge on any atom is -0.391 e. The zero-order chi connectivity index (χ0) is 10.8. The molecule has 0 spiro atoms. The van der Waals surface area contributed by atoms with E-state index in [-0.39, 0.29) is 11.3 Å². The monoisotopic (exact) mass is 225 g/mol. The first kappa shape index (κ1) is 10.0. The summed E-state index contributed by atoms with van der Waals surface area (Å²) in [6.07, 6.45) is 2.03. The van der Waals surface area contributed by atoms with Crippen LogP contribution >= 0.6 is 11.6 Å². The summed E-state index contributed by atoms with van der Waals surface area (Å²) in [5.41, 5.74) is 1.10. The van der Waals surface area contributed by atoms with Gasteiger partial charge >= 0.3 is 0 Å². The molecule has 2 rings (SSSR count). The molecule has 2 atom stereocenters. The van der Waals surface area contributed by atoms with E-state index in [4.69, 9.17) is 16.4 Å². The molecule has 0 radical (unpaired) electrons. The van der Waals surface area contributed by atoms with Gasteiger partial charge in [-0.1, -0.05) is 16.8 Å². The van der Waals surface area contributed by atoms with Crippen molar-refractivity contribution in [2.75, 3.05) is 0 Å². The van der Waals surface area contributed by atoms with Gasteiger partial charge in [-0.3, -0.25) is 0 Å². The first-order valence-corrected chi connectivity index (χ1v) is 4.78. The van der Waals surface area contributed by atoms with Gasteiger partial charge in [0.1, 0.15) is 24.0 Å². The van der Waals surface area contributed by atoms with E-state index in [0.29, 0.717) is 11.3 Å². The fourth-order valence-electron chi connectivity index (χ4n) is 1.40. The highest BCUT2D eigenvalue weighted by atomic mass is 35.5. The first-order valence-electron chi connectivity index (χ1n) is 4.40. The highest BCUT2D eigenvalue weighted by molar-refractivity contribution is 6.33. The van der Waals surface area contributed by atoms with Gasteiger partial charge in [0.25, 0.3) is 0 Å². The van der Waals surface area contributed by atoms with Crippen molar-refractivity contribution in [1.82, 2.24) is 10.2 Å². The van der Waals surface area contributed by atoms with Crippen molar-refractivity contribution in [3.8, 4) is 0 Å². The van der Waals surface area contributed by atoms with Crippen molar-refractivity contribution in [3.63, 3.8) is 0 Å². The second kappa shape index (κ2) is 3.94. The Labute approximate surface area is 91.1 Å². The molecule has 6 heteroatoms. The quantitative estimate of drug-likeness (QED) is 0.707. The van der Waals surface area contributed by atoms with Gasteiger partial charge in [-0.05, 0) is 13.0 Å². The summed E-state index contributed by atoms with van der Waals surface area (Å²) in [5, 5.41) is 11.4. The third-order valence-corrected chi connectivity index (χ3v) is 2.52. The van der Waals surface area contributed by atoms with Crippen molar-refractivity contribution in [1.29, 1.82) is 0 Å². The highest BCUT2D eigenvalue weighted by Gasteiger charge is 2.32. The molecule has 15 heavy (non-hydrogen) atoms. The van der Waals surface area contributed by atoms with Crippen LogP contribution in [0, 0.1) is 5.92 Å². The van der Waals surface area contributed by atoms with E-state index in [1.807, 2.05) is 0 Å². The summed E-state index contributed by atoms with van der Waals surface area (Å²) >= 11 is 5.85. The zero-order valence-corrected chi connectivity index (χ0v) is 8.68. The molecule has 2 heterocycles. The molecule has 0 aliphatic carbocycles. The second-order valence-electron chi connectivity index (χ2n) is 3.18.